The van der Waals surface area contributed by atoms with Gasteiger partial charge in [-0.15, -0.1) is 0 Å². The number of carboxylic acids is 1. The van der Waals surface area contributed by atoms with E-state index in [2.05, 4.69) is 4.72 Å². The number of aliphatic hydroxyl groups excluding tert-OH is 1. The highest BCUT2D eigenvalue weighted by Gasteiger charge is 2.18. The average Bonchev–Trinajstić information content (AvgIpc) is 2.38. The molecule has 1 atom stereocenters. The van der Waals surface area contributed by atoms with Crippen LogP contribution in [0.15, 0.2) is 24.3 Å². The summed E-state index contributed by atoms with van der Waals surface area (Å²) in [5.74, 6) is -1.44. The monoisotopic (exact) mass is 317 g/mol. The Morgan fingerprint density at radius 1 is 1.43 bits per heavy atom. The van der Waals surface area contributed by atoms with Crippen LogP contribution in [0.3, 0.4) is 0 Å². The summed E-state index contributed by atoms with van der Waals surface area (Å²) in [5, 5.41) is 17.8. The highest BCUT2D eigenvalue weighted by molar-refractivity contribution is 7.88. The van der Waals surface area contributed by atoms with Crippen LogP contribution in [0, 0.1) is 0 Å². The molecule has 0 aliphatic rings. The third kappa shape index (κ3) is 6.21. The van der Waals surface area contributed by atoms with E-state index in [9.17, 15) is 13.2 Å². The number of methoxy groups -OCH3 is 1. The molecule has 0 aliphatic carbocycles. The van der Waals surface area contributed by atoms with Gasteiger partial charge in [0.2, 0.25) is 10.0 Å². The lowest BCUT2D eigenvalue weighted by molar-refractivity contribution is 0.0696. The first-order chi connectivity index (χ1) is 9.88. The topological polar surface area (TPSA) is 113 Å². The lowest BCUT2D eigenvalue weighted by Gasteiger charge is -2.17. The number of aromatic carboxylic acids is 1. The van der Waals surface area contributed by atoms with Crippen LogP contribution in [0.25, 0.3) is 0 Å². The smallest absolute Gasteiger partial charge is 0.335 e. The molecule has 7 nitrogen and oxygen atoms in total. The molecule has 0 aromatic heterocycles. The molecule has 0 amide bonds. The quantitative estimate of drug-likeness (QED) is 0.600. The van der Waals surface area contributed by atoms with Gasteiger partial charge in [-0.05, 0) is 24.1 Å². The first kappa shape index (κ1) is 17.6. The predicted octanol–water partition coefficient (Wildman–Crippen LogP) is 0.202. The van der Waals surface area contributed by atoms with Crippen LogP contribution < -0.4 is 4.72 Å². The van der Waals surface area contributed by atoms with Crippen molar-refractivity contribution in [2.24, 2.45) is 0 Å². The second-order valence-corrected chi connectivity index (χ2v) is 6.30. The lowest BCUT2D eigenvalue weighted by atomic mass is 10.1. The molecule has 1 unspecified atom stereocenters. The van der Waals surface area contributed by atoms with Crippen molar-refractivity contribution < 1.29 is 28.2 Å². The van der Waals surface area contributed by atoms with E-state index in [-0.39, 0.29) is 31.0 Å². The summed E-state index contributed by atoms with van der Waals surface area (Å²) in [6.45, 7) is -0.0139. The average molecular weight is 317 g/mol. The summed E-state index contributed by atoms with van der Waals surface area (Å²) in [4.78, 5) is 10.9. The van der Waals surface area contributed by atoms with Crippen LogP contribution in [-0.4, -0.2) is 51.0 Å². The van der Waals surface area contributed by atoms with Crippen molar-refractivity contribution >= 4 is 16.0 Å². The summed E-state index contributed by atoms with van der Waals surface area (Å²) in [6, 6.07) is 5.23. The van der Waals surface area contributed by atoms with E-state index in [1.54, 1.807) is 6.07 Å². The molecule has 21 heavy (non-hydrogen) atoms. The molecule has 0 spiro atoms. The molecule has 118 valence electrons. The molecule has 3 N–H and O–H groups in total. The van der Waals surface area contributed by atoms with Crippen molar-refractivity contribution in [2.75, 3.05) is 20.3 Å². The first-order valence-electron chi connectivity index (χ1n) is 6.30. The van der Waals surface area contributed by atoms with E-state index in [1.807, 2.05) is 0 Å². The SMILES string of the molecule is COCC(CCO)NS(=O)(=O)Cc1cccc(C(=O)O)c1. The maximum atomic E-state index is 12.0. The predicted molar refractivity (Wildman–Crippen MR) is 76.5 cm³/mol. The van der Waals surface area contributed by atoms with Crippen LogP contribution in [-0.2, 0) is 20.5 Å². The number of carbonyl (C=O) groups is 1. The van der Waals surface area contributed by atoms with E-state index < -0.39 is 22.0 Å². The van der Waals surface area contributed by atoms with Crippen molar-refractivity contribution in [3.63, 3.8) is 0 Å². The van der Waals surface area contributed by atoms with Gasteiger partial charge < -0.3 is 14.9 Å². The molecular formula is C13H19NO6S. The van der Waals surface area contributed by atoms with Gasteiger partial charge in [0.15, 0.2) is 0 Å². The minimum absolute atomic E-state index is 0.0338. The largest absolute Gasteiger partial charge is 0.478 e. The number of aliphatic hydroxyl groups is 1. The summed E-state index contributed by atoms with van der Waals surface area (Å²) in [5.41, 5.74) is 0.411. The Labute approximate surface area is 123 Å². The van der Waals surface area contributed by atoms with Crippen LogP contribution in [0.2, 0.25) is 0 Å². The van der Waals surface area contributed by atoms with Gasteiger partial charge in [0.05, 0.1) is 17.9 Å². The third-order valence-corrected chi connectivity index (χ3v) is 4.13. The summed E-state index contributed by atoms with van der Waals surface area (Å²) in [7, 11) is -2.22. The van der Waals surface area contributed by atoms with Gasteiger partial charge >= 0.3 is 5.97 Å². The van der Waals surface area contributed by atoms with Crippen molar-refractivity contribution in [1.82, 2.24) is 4.72 Å². The Balaban J connectivity index is 2.79. The fraction of sp³-hybridized carbons (Fsp3) is 0.462. The minimum atomic E-state index is -3.65. The zero-order chi connectivity index (χ0) is 15.9. The third-order valence-electron chi connectivity index (χ3n) is 2.72. The van der Waals surface area contributed by atoms with Gasteiger partial charge in [-0.1, -0.05) is 12.1 Å². The lowest BCUT2D eigenvalue weighted by Crippen LogP contribution is -2.39. The second kappa shape index (κ2) is 8.08. The van der Waals surface area contributed by atoms with Crippen LogP contribution in [0.4, 0.5) is 0 Å². The van der Waals surface area contributed by atoms with Crippen molar-refractivity contribution in [2.45, 2.75) is 18.2 Å². The Morgan fingerprint density at radius 3 is 2.71 bits per heavy atom. The maximum Gasteiger partial charge on any atom is 0.335 e. The normalized spacial score (nSPS) is 13.0. The second-order valence-electron chi connectivity index (χ2n) is 4.55. The van der Waals surface area contributed by atoms with E-state index >= 15 is 0 Å². The van der Waals surface area contributed by atoms with E-state index in [0.29, 0.717) is 5.56 Å². The van der Waals surface area contributed by atoms with Crippen molar-refractivity contribution in [3.05, 3.63) is 35.4 Å². The number of carboxylic acid groups (broad SMARTS) is 1. The number of ether oxygens (including phenoxy) is 1. The van der Waals surface area contributed by atoms with E-state index in [0.717, 1.165) is 0 Å². The molecule has 1 aromatic rings. The zero-order valence-corrected chi connectivity index (χ0v) is 12.5. The first-order valence-corrected chi connectivity index (χ1v) is 7.95. The van der Waals surface area contributed by atoms with Gasteiger partial charge in [0, 0.05) is 19.8 Å². The Kier molecular flexibility index (Phi) is 6.76. The molecule has 0 saturated heterocycles. The molecule has 0 saturated carbocycles. The van der Waals surface area contributed by atoms with Gasteiger partial charge in [-0.3, -0.25) is 0 Å². The van der Waals surface area contributed by atoms with Crippen molar-refractivity contribution in [1.29, 1.82) is 0 Å². The van der Waals surface area contributed by atoms with Gasteiger partial charge in [0.25, 0.3) is 0 Å². The number of sulfonamides is 1. The molecule has 1 aromatic carbocycles. The van der Waals surface area contributed by atoms with Gasteiger partial charge in [-0.25, -0.2) is 17.9 Å². The summed E-state index contributed by atoms with van der Waals surface area (Å²) >= 11 is 0. The number of nitrogens with one attached hydrogen (secondary N) is 1. The molecule has 1 rings (SSSR count). The van der Waals surface area contributed by atoms with E-state index in [1.165, 1.54) is 25.3 Å². The number of benzene rings is 1. The molecule has 0 bridgehead atoms. The Hall–Kier alpha value is -1.48. The number of rotatable bonds is 9. The highest BCUT2D eigenvalue weighted by Crippen LogP contribution is 2.10. The Morgan fingerprint density at radius 2 is 2.14 bits per heavy atom. The Bertz CT molecular complexity index is 566. The van der Waals surface area contributed by atoms with E-state index in [4.69, 9.17) is 14.9 Å². The molecule has 8 heteroatoms. The minimum Gasteiger partial charge on any atom is -0.478 e. The molecule has 0 fully saturated rings. The highest BCUT2D eigenvalue weighted by atomic mass is 32.2. The van der Waals surface area contributed by atoms with Crippen LogP contribution >= 0.6 is 0 Å². The molecule has 0 heterocycles. The molecule has 0 aliphatic heterocycles. The molecule has 0 radical (unpaired) electrons. The molecular weight excluding hydrogens is 298 g/mol. The van der Waals surface area contributed by atoms with Crippen LogP contribution in [0.1, 0.15) is 22.3 Å². The standard InChI is InChI=1S/C13H19NO6S/c1-20-8-12(5-6-15)14-21(18,19)9-10-3-2-4-11(7-10)13(16)17/h2-4,7,12,14-15H,5-6,8-9H2,1H3,(H,16,17). The maximum absolute atomic E-state index is 12.0. The fourth-order valence-corrected chi connectivity index (χ4v) is 3.24. The summed E-state index contributed by atoms with van der Waals surface area (Å²) < 4.78 is 31.4. The fourth-order valence-electron chi connectivity index (χ4n) is 1.84. The van der Waals surface area contributed by atoms with Gasteiger partial charge in [-0.2, -0.15) is 0 Å². The summed E-state index contributed by atoms with van der Waals surface area (Å²) in [6.07, 6.45) is 0.238. The van der Waals surface area contributed by atoms with Gasteiger partial charge in [0.1, 0.15) is 0 Å². The van der Waals surface area contributed by atoms with Crippen molar-refractivity contribution in [3.8, 4) is 0 Å². The zero-order valence-electron chi connectivity index (χ0n) is 11.7. The van der Waals surface area contributed by atoms with Crippen LogP contribution in [0.5, 0.6) is 0 Å². The number of hydrogen-bond donors (Lipinski definition) is 3. The number of hydrogen-bond acceptors (Lipinski definition) is 5.